The maximum absolute atomic E-state index is 12.6. The smallest absolute Gasteiger partial charge is 0.329 e. The summed E-state index contributed by atoms with van der Waals surface area (Å²) in [5.41, 5.74) is -0.746. The minimum Gasteiger partial charge on any atom is -0.365 e. The fourth-order valence-electron chi connectivity index (χ4n) is 2.83. The number of likely N-dealkylation sites (N-methyl/N-ethyl adjacent to an activating group) is 1. The Hall–Kier alpha value is -2.94. The molecule has 132 valence electrons. The van der Waals surface area contributed by atoms with Crippen molar-refractivity contribution in [2.75, 3.05) is 26.7 Å². The van der Waals surface area contributed by atoms with Crippen molar-refractivity contribution in [2.45, 2.75) is 12.6 Å². The zero-order valence-corrected chi connectivity index (χ0v) is 13.7. The van der Waals surface area contributed by atoms with Crippen LogP contribution in [0.5, 0.6) is 0 Å². The fourth-order valence-corrected chi connectivity index (χ4v) is 2.83. The number of ether oxygens (including phenoxy) is 1. The molecule has 2 N–H and O–H groups in total. The van der Waals surface area contributed by atoms with Gasteiger partial charge in [0.05, 0.1) is 24.1 Å². The van der Waals surface area contributed by atoms with E-state index in [1.54, 1.807) is 24.3 Å². The lowest BCUT2D eigenvalue weighted by Crippen LogP contribution is -2.52. The van der Waals surface area contributed by atoms with Gasteiger partial charge in [0.2, 0.25) is 5.91 Å². The van der Waals surface area contributed by atoms with Crippen LogP contribution in [0.1, 0.15) is 0 Å². The van der Waals surface area contributed by atoms with Gasteiger partial charge in [-0.2, -0.15) is 0 Å². The van der Waals surface area contributed by atoms with Gasteiger partial charge in [0.25, 0.3) is 11.5 Å². The number of hydrogen-bond donors (Lipinski definition) is 2. The van der Waals surface area contributed by atoms with Crippen LogP contribution < -0.4 is 16.6 Å². The highest BCUT2D eigenvalue weighted by molar-refractivity contribution is 5.84. The maximum Gasteiger partial charge on any atom is 0.329 e. The standard InChI is InChI=1S/C16H18N4O5/c1-17-15(23)12-8-19(6-7-25-12)13(21)9-20-11-5-3-2-4-10(11)14(22)18-16(20)24/h2-5,12H,6-9H2,1H3,(H,17,23)(H,18,22,24). The molecule has 0 spiro atoms. The molecule has 0 saturated carbocycles. The molecular weight excluding hydrogens is 328 g/mol. The molecule has 0 bridgehead atoms. The number of amides is 2. The second-order valence-corrected chi connectivity index (χ2v) is 5.68. The number of carbonyl (C=O) groups excluding carboxylic acids is 2. The number of H-pyrrole nitrogens is 1. The number of rotatable bonds is 3. The SMILES string of the molecule is CNC(=O)C1CN(C(=O)Cn2c(=O)[nH]c(=O)c3ccccc32)CCO1. The van der Waals surface area contributed by atoms with E-state index in [0.29, 0.717) is 17.4 Å². The Labute approximate surface area is 142 Å². The molecule has 1 aromatic heterocycles. The summed E-state index contributed by atoms with van der Waals surface area (Å²) in [6.07, 6.45) is -0.730. The number of nitrogens with zero attached hydrogens (tertiary/aromatic N) is 2. The Morgan fingerprint density at radius 1 is 1.32 bits per heavy atom. The van der Waals surface area contributed by atoms with Crippen molar-refractivity contribution in [2.24, 2.45) is 0 Å². The molecule has 0 radical (unpaired) electrons. The van der Waals surface area contributed by atoms with Crippen molar-refractivity contribution >= 4 is 22.7 Å². The van der Waals surface area contributed by atoms with Gasteiger partial charge in [-0.05, 0) is 12.1 Å². The van der Waals surface area contributed by atoms with Crippen LogP contribution >= 0.6 is 0 Å². The Kier molecular flexibility index (Phi) is 4.66. The molecular formula is C16H18N4O5. The Balaban J connectivity index is 1.86. The minimum absolute atomic E-state index is 0.120. The molecule has 1 aromatic carbocycles. The number of carbonyl (C=O) groups is 2. The largest absolute Gasteiger partial charge is 0.365 e. The second-order valence-electron chi connectivity index (χ2n) is 5.68. The summed E-state index contributed by atoms with van der Waals surface area (Å²) >= 11 is 0. The van der Waals surface area contributed by atoms with E-state index in [0.717, 1.165) is 0 Å². The van der Waals surface area contributed by atoms with E-state index < -0.39 is 17.4 Å². The zero-order chi connectivity index (χ0) is 18.0. The van der Waals surface area contributed by atoms with E-state index in [2.05, 4.69) is 10.3 Å². The van der Waals surface area contributed by atoms with Crippen LogP contribution in [0.2, 0.25) is 0 Å². The molecule has 1 aliphatic heterocycles. The molecule has 1 atom stereocenters. The monoisotopic (exact) mass is 346 g/mol. The highest BCUT2D eigenvalue weighted by Crippen LogP contribution is 2.09. The molecule has 2 amide bonds. The first-order valence-electron chi connectivity index (χ1n) is 7.84. The fraction of sp³-hybridized carbons (Fsp3) is 0.375. The van der Waals surface area contributed by atoms with Crippen molar-refractivity contribution in [1.29, 1.82) is 0 Å². The molecule has 2 heterocycles. The lowest BCUT2D eigenvalue weighted by molar-refractivity contribution is -0.147. The molecule has 1 unspecified atom stereocenters. The van der Waals surface area contributed by atoms with Gasteiger partial charge in [0.1, 0.15) is 6.54 Å². The lowest BCUT2D eigenvalue weighted by Gasteiger charge is -2.32. The number of aromatic amines is 1. The molecule has 3 rings (SSSR count). The summed E-state index contributed by atoms with van der Waals surface area (Å²) in [4.78, 5) is 52.0. The second kappa shape index (κ2) is 6.89. The summed E-state index contributed by atoms with van der Waals surface area (Å²) < 4.78 is 6.57. The summed E-state index contributed by atoms with van der Waals surface area (Å²) in [6, 6.07) is 6.58. The van der Waals surface area contributed by atoms with E-state index in [-0.39, 0.29) is 31.5 Å². The van der Waals surface area contributed by atoms with Crippen molar-refractivity contribution in [3.8, 4) is 0 Å². The van der Waals surface area contributed by atoms with Gasteiger partial charge >= 0.3 is 5.69 Å². The van der Waals surface area contributed by atoms with E-state index in [1.807, 2.05) is 0 Å². The minimum atomic E-state index is -0.730. The van der Waals surface area contributed by atoms with Crippen molar-refractivity contribution < 1.29 is 14.3 Å². The average molecular weight is 346 g/mol. The summed E-state index contributed by atoms with van der Waals surface area (Å²) in [7, 11) is 1.50. The third-order valence-corrected chi connectivity index (χ3v) is 4.16. The first-order valence-corrected chi connectivity index (χ1v) is 7.84. The van der Waals surface area contributed by atoms with Crippen molar-refractivity contribution in [3.63, 3.8) is 0 Å². The molecule has 1 saturated heterocycles. The summed E-state index contributed by atoms with van der Waals surface area (Å²) in [6.45, 7) is 0.471. The predicted molar refractivity (Wildman–Crippen MR) is 89.2 cm³/mol. The first-order chi connectivity index (χ1) is 12.0. The highest BCUT2D eigenvalue weighted by atomic mass is 16.5. The van der Waals surface area contributed by atoms with Crippen molar-refractivity contribution in [3.05, 3.63) is 45.1 Å². The molecule has 25 heavy (non-hydrogen) atoms. The van der Waals surface area contributed by atoms with Gasteiger partial charge in [-0.15, -0.1) is 0 Å². The molecule has 9 heteroatoms. The van der Waals surface area contributed by atoms with Gasteiger partial charge in [-0.1, -0.05) is 12.1 Å². The van der Waals surface area contributed by atoms with Crippen LogP contribution in [0.4, 0.5) is 0 Å². The van der Waals surface area contributed by atoms with Crippen LogP contribution in [0.3, 0.4) is 0 Å². The van der Waals surface area contributed by atoms with Crippen LogP contribution in [-0.2, 0) is 20.9 Å². The van der Waals surface area contributed by atoms with E-state index in [9.17, 15) is 19.2 Å². The number of fused-ring (bicyclic) bond motifs is 1. The number of para-hydroxylation sites is 1. The molecule has 1 aliphatic rings. The lowest BCUT2D eigenvalue weighted by atomic mass is 10.2. The number of hydrogen-bond acceptors (Lipinski definition) is 5. The van der Waals surface area contributed by atoms with E-state index in [4.69, 9.17) is 4.74 Å². The van der Waals surface area contributed by atoms with Crippen LogP contribution in [0.15, 0.2) is 33.9 Å². The maximum atomic E-state index is 12.6. The first kappa shape index (κ1) is 16.9. The molecule has 1 fully saturated rings. The quantitative estimate of drug-likeness (QED) is 0.714. The van der Waals surface area contributed by atoms with Crippen LogP contribution in [0, 0.1) is 0 Å². The molecule has 9 nitrogen and oxygen atoms in total. The van der Waals surface area contributed by atoms with Gasteiger partial charge < -0.3 is 15.0 Å². The Bertz CT molecular complexity index is 932. The van der Waals surface area contributed by atoms with Gasteiger partial charge in [0, 0.05) is 13.6 Å². The third-order valence-electron chi connectivity index (χ3n) is 4.16. The van der Waals surface area contributed by atoms with Gasteiger partial charge in [-0.25, -0.2) is 4.79 Å². The Morgan fingerprint density at radius 2 is 2.08 bits per heavy atom. The molecule has 2 aromatic rings. The number of nitrogens with one attached hydrogen (secondary N) is 2. The number of benzene rings is 1. The van der Waals surface area contributed by atoms with E-state index >= 15 is 0 Å². The van der Waals surface area contributed by atoms with Gasteiger partial charge in [0.15, 0.2) is 6.10 Å². The van der Waals surface area contributed by atoms with Crippen molar-refractivity contribution in [1.82, 2.24) is 19.8 Å². The number of morpholine rings is 1. The van der Waals surface area contributed by atoms with E-state index in [1.165, 1.54) is 16.5 Å². The zero-order valence-electron chi connectivity index (χ0n) is 13.7. The highest BCUT2D eigenvalue weighted by Gasteiger charge is 2.29. The average Bonchev–Trinajstić information content (AvgIpc) is 2.64. The normalized spacial score (nSPS) is 17.5. The third kappa shape index (κ3) is 3.31. The Morgan fingerprint density at radius 3 is 2.84 bits per heavy atom. The summed E-state index contributed by atoms with van der Waals surface area (Å²) in [5.74, 6) is -0.624. The van der Waals surface area contributed by atoms with Gasteiger partial charge in [-0.3, -0.25) is 23.9 Å². The molecule has 0 aliphatic carbocycles. The van der Waals surface area contributed by atoms with Crippen LogP contribution in [0.25, 0.3) is 10.9 Å². The topological polar surface area (TPSA) is 113 Å². The van der Waals surface area contributed by atoms with Crippen LogP contribution in [-0.4, -0.2) is 59.1 Å². The number of aromatic nitrogens is 2. The predicted octanol–water partition coefficient (Wildman–Crippen LogP) is -1.34. The summed E-state index contributed by atoms with van der Waals surface area (Å²) in [5, 5.41) is 2.82.